The van der Waals surface area contributed by atoms with Crippen molar-refractivity contribution in [3.05, 3.63) is 78.2 Å². The van der Waals surface area contributed by atoms with Crippen molar-refractivity contribution < 1.29 is 4.79 Å². The Labute approximate surface area is 158 Å². The minimum absolute atomic E-state index is 0.120. The summed E-state index contributed by atoms with van der Waals surface area (Å²) in [5, 5.41) is 7.30. The smallest absolute Gasteiger partial charge is 0.270 e. The maximum absolute atomic E-state index is 12.6. The van der Waals surface area contributed by atoms with E-state index in [2.05, 4.69) is 44.6 Å². The van der Waals surface area contributed by atoms with E-state index in [-0.39, 0.29) is 11.9 Å². The van der Waals surface area contributed by atoms with Gasteiger partial charge in [0.1, 0.15) is 5.69 Å². The Bertz CT molecular complexity index is 871. The molecule has 0 unspecified atom stereocenters. The highest BCUT2D eigenvalue weighted by Crippen LogP contribution is 2.14. The molecule has 3 heterocycles. The lowest BCUT2D eigenvalue weighted by Gasteiger charge is -2.32. The van der Waals surface area contributed by atoms with Gasteiger partial charge in [0.15, 0.2) is 5.82 Å². The van der Waals surface area contributed by atoms with Gasteiger partial charge in [-0.2, -0.15) is 5.10 Å². The summed E-state index contributed by atoms with van der Waals surface area (Å²) in [4.78, 5) is 19.5. The van der Waals surface area contributed by atoms with Gasteiger partial charge in [0.05, 0.1) is 0 Å². The van der Waals surface area contributed by atoms with Crippen molar-refractivity contribution in [1.29, 1.82) is 0 Å². The molecule has 4 rings (SSSR count). The number of hydrogen-bond acceptors (Lipinski definition) is 4. The quantitative estimate of drug-likeness (QED) is 0.759. The molecule has 0 saturated carbocycles. The minimum Gasteiger partial charge on any atom is -0.348 e. The third-order valence-corrected chi connectivity index (χ3v) is 4.88. The highest BCUT2D eigenvalue weighted by atomic mass is 16.1. The Kier molecular flexibility index (Phi) is 5.25. The number of piperidine rings is 1. The molecule has 1 amide bonds. The molecule has 1 fully saturated rings. The summed E-state index contributed by atoms with van der Waals surface area (Å²) in [7, 11) is 0. The van der Waals surface area contributed by atoms with Crippen molar-refractivity contribution in [3.63, 3.8) is 0 Å². The van der Waals surface area contributed by atoms with Crippen molar-refractivity contribution in [3.8, 4) is 5.82 Å². The molecule has 1 aromatic carbocycles. The molecule has 1 saturated heterocycles. The lowest BCUT2D eigenvalue weighted by molar-refractivity contribution is 0.0904. The van der Waals surface area contributed by atoms with Crippen LogP contribution in [0, 0.1) is 0 Å². The maximum Gasteiger partial charge on any atom is 0.270 e. The van der Waals surface area contributed by atoms with Crippen LogP contribution in [0.1, 0.15) is 28.9 Å². The molecule has 0 aliphatic carbocycles. The normalized spacial score (nSPS) is 15.6. The van der Waals surface area contributed by atoms with Gasteiger partial charge in [-0.15, -0.1) is 0 Å². The fraction of sp³-hybridized carbons (Fsp3) is 0.286. The van der Waals surface area contributed by atoms with E-state index >= 15 is 0 Å². The molecule has 138 valence electrons. The molecule has 0 bridgehead atoms. The Morgan fingerprint density at radius 3 is 2.59 bits per heavy atom. The zero-order valence-corrected chi connectivity index (χ0v) is 15.2. The van der Waals surface area contributed by atoms with Crippen molar-refractivity contribution >= 4 is 5.91 Å². The Morgan fingerprint density at radius 2 is 1.85 bits per heavy atom. The van der Waals surface area contributed by atoms with E-state index in [1.807, 2.05) is 30.5 Å². The lowest BCUT2D eigenvalue weighted by Crippen LogP contribution is -2.44. The third kappa shape index (κ3) is 4.41. The van der Waals surface area contributed by atoms with Gasteiger partial charge < -0.3 is 5.32 Å². The summed E-state index contributed by atoms with van der Waals surface area (Å²) in [6.07, 6.45) is 5.42. The van der Waals surface area contributed by atoms with E-state index in [1.165, 1.54) is 5.56 Å². The number of amides is 1. The minimum atomic E-state index is -0.120. The van der Waals surface area contributed by atoms with Crippen LogP contribution in [-0.4, -0.2) is 44.7 Å². The van der Waals surface area contributed by atoms with Crippen molar-refractivity contribution in [2.75, 3.05) is 13.1 Å². The predicted molar refractivity (Wildman–Crippen MR) is 104 cm³/mol. The van der Waals surface area contributed by atoms with Crippen LogP contribution in [0.4, 0.5) is 0 Å². The first-order valence-corrected chi connectivity index (χ1v) is 9.32. The summed E-state index contributed by atoms with van der Waals surface area (Å²) in [5.41, 5.74) is 1.76. The molecule has 27 heavy (non-hydrogen) atoms. The van der Waals surface area contributed by atoms with Crippen LogP contribution in [-0.2, 0) is 6.54 Å². The second-order valence-electron chi connectivity index (χ2n) is 6.84. The topological polar surface area (TPSA) is 63.1 Å². The van der Waals surface area contributed by atoms with E-state index in [0.717, 1.165) is 32.5 Å². The molecule has 0 radical (unpaired) electrons. The molecule has 3 aromatic rings. The Hall–Kier alpha value is -2.99. The van der Waals surface area contributed by atoms with Crippen LogP contribution in [0.25, 0.3) is 5.82 Å². The van der Waals surface area contributed by atoms with Gasteiger partial charge in [0.25, 0.3) is 5.91 Å². The standard InChI is InChI=1S/C21H23N5O/c27-21(19-8-4-9-20(24-19)26-13-5-12-22-26)23-18-10-14-25(15-11-18)16-17-6-2-1-3-7-17/h1-9,12-13,18H,10-11,14-16H2,(H,23,27). The zero-order chi connectivity index (χ0) is 18.5. The van der Waals surface area contributed by atoms with Gasteiger partial charge in [0, 0.05) is 38.1 Å². The van der Waals surface area contributed by atoms with Crippen LogP contribution >= 0.6 is 0 Å². The monoisotopic (exact) mass is 361 g/mol. The molecule has 1 aliphatic rings. The average molecular weight is 361 g/mol. The molecule has 1 N–H and O–H groups in total. The van der Waals surface area contributed by atoms with Gasteiger partial charge in [0.2, 0.25) is 0 Å². The number of aromatic nitrogens is 3. The van der Waals surface area contributed by atoms with Crippen molar-refractivity contribution in [1.82, 2.24) is 25.0 Å². The largest absolute Gasteiger partial charge is 0.348 e. The third-order valence-electron chi connectivity index (χ3n) is 4.88. The first-order valence-electron chi connectivity index (χ1n) is 9.32. The second-order valence-corrected chi connectivity index (χ2v) is 6.84. The maximum atomic E-state index is 12.6. The highest BCUT2D eigenvalue weighted by molar-refractivity contribution is 5.92. The number of carbonyl (C=O) groups excluding carboxylic acids is 1. The summed E-state index contributed by atoms with van der Waals surface area (Å²) < 4.78 is 1.65. The molecule has 1 aliphatic heterocycles. The van der Waals surface area contributed by atoms with E-state index in [9.17, 15) is 4.79 Å². The summed E-state index contributed by atoms with van der Waals surface area (Å²) in [6.45, 7) is 2.94. The number of nitrogens with zero attached hydrogens (tertiary/aromatic N) is 4. The van der Waals surface area contributed by atoms with Crippen LogP contribution in [0.2, 0.25) is 0 Å². The zero-order valence-electron chi connectivity index (χ0n) is 15.2. The van der Waals surface area contributed by atoms with Crippen LogP contribution < -0.4 is 5.32 Å². The summed E-state index contributed by atoms with van der Waals surface area (Å²) in [6, 6.07) is 18.0. The van der Waals surface area contributed by atoms with Crippen molar-refractivity contribution in [2.24, 2.45) is 0 Å². The molecule has 6 nitrogen and oxygen atoms in total. The number of hydrogen-bond donors (Lipinski definition) is 1. The lowest BCUT2D eigenvalue weighted by atomic mass is 10.0. The number of likely N-dealkylation sites (tertiary alicyclic amines) is 1. The van der Waals surface area contributed by atoms with Crippen LogP contribution in [0.3, 0.4) is 0 Å². The van der Waals surface area contributed by atoms with Crippen molar-refractivity contribution in [2.45, 2.75) is 25.4 Å². The highest BCUT2D eigenvalue weighted by Gasteiger charge is 2.21. The van der Waals surface area contributed by atoms with Crippen LogP contribution in [0.5, 0.6) is 0 Å². The molecular weight excluding hydrogens is 338 g/mol. The number of benzene rings is 1. The second kappa shape index (κ2) is 8.14. The van der Waals surface area contributed by atoms with E-state index < -0.39 is 0 Å². The fourth-order valence-electron chi connectivity index (χ4n) is 3.42. The first kappa shape index (κ1) is 17.4. The Morgan fingerprint density at radius 1 is 1.04 bits per heavy atom. The van der Waals surface area contributed by atoms with E-state index in [0.29, 0.717) is 11.5 Å². The van der Waals surface area contributed by atoms with Gasteiger partial charge in [-0.3, -0.25) is 9.69 Å². The van der Waals surface area contributed by atoms with Gasteiger partial charge in [-0.1, -0.05) is 36.4 Å². The fourth-order valence-corrected chi connectivity index (χ4v) is 3.42. The summed E-state index contributed by atoms with van der Waals surface area (Å²) >= 11 is 0. The molecule has 2 aromatic heterocycles. The first-order chi connectivity index (χ1) is 13.3. The predicted octanol–water partition coefficient (Wildman–Crippen LogP) is 2.66. The molecule has 6 heteroatoms. The SMILES string of the molecule is O=C(NC1CCN(Cc2ccccc2)CC1)c1cccc(-n2cccn2)n1. The van der Waals surface area contributed by atoms with Gasteiger partial charge in [-0.05, 0) is 36.6 Å². The number of rotatable bonds is 5. The van der Waals surface area contributed by atoms with E-state index in [1.54, 1.807) is 16.9 Å². The Balaban J connectivity index is 1.31. The number of carbonyl (C=O) groups is 1. The van der Waals surface area contributed by atoms with E-state index in [4.69, 9.17) is 0 Å². The summed E-state index contributed by atoms with van der Waals surface area (Å²) in [5.74, 6) is 0.524. The molecule has 0 atom stereocenters. The molecular formula is C21H23N5O. The van der Waals surface area contributed by atoms with Gasteiger partial charge in [-0.25, -0.2) is 9.67 Å². The van der Waals surface area contributed by atoms with Crippen LogP contribution in [0.15, 0.2) is 67.0 Å². The van der Waals surface area contributed by atoms with Gasteiger partial charge >= 0.3 is 0 Å². The molecule has 0 spiro atoms. The number of pyridine rings is 1. The average Bonchev–Trinajstić information content (AvgIpc) is 3.25. The number of nitrogens with one attached hydrogen (secondary N) is 1.